The number of halogens is 1. The van der Waals surface area contributed by atoms with Crippen molar-refractivity contribution in [3.63, 3.8) is 0 Å². The molecule has 5 heterocycles. The van der Waals surface area contributed by atoms with Crippen LogP contribution in [-0.4, -0.2) is 138 Å². The summed E-state index contributed by atoms with van der Waals surface area (Å²) in [7, 11) is 4.57. The largest absolute Gasteiger partial charge is 0.495 e. The second-order valence-electron chi connectivity index (χ2n) is 20.8. The summed E-state index contributed by atoms with van der Waals surface area (Å²) >= 11 is 8.38. The number of rotatable bonds is 11. The molecule has 19 heteroatoms. The van der Waals surface area contributed by atoms with Gasteiger partial charge in [-0.1, -0.05) is 42.3 Å². The molecule has 1 aromatic rings. The van der Waals surface area contributed by atoms with Gasteiger partial charge in [-0.2, -0.15) is 0 Å². The molecule has 8 rings (SSSR count). The van der Waals surface area contributed by atoms with Gasteiger partial charge in [0.2, 0.25) is 23.6 Å². The van der Waals surface area contributed by atoms with E-state index in [9.17, 15) is 33.9 Å². The van der Waals surface area contributed by atoms with Crippen molar-refractivity contribution in [2.24, 2.45) is 29.6 Å². The van der Waals surface area contributed by atoms with Crippen molar-refractivity contribution >= 4 is 64.7 Å². The number of benzene rings is 1. The van der Waals surface area contributed by atoms with Crippen molar-refractivity contribution in [1.82, 2.24) is 20.7 Å². The Morgan fingerprint density at radius 1 is 0.986 bits per heavy atom. The molecule has 0 spiro atoms. The predicted octanol–water partition coefficient (Wildman–Crippen LogP) is 5.88. The lowest BCUT2D eigenvalue weighted by molar-refractivity contribution is -0.160. The summed E-state index contributed by atoms with van der Waals surface area (Å²) in [5.74, 6) is -0.463. The number of nitrogens with zero attached hydrogens (tertiary/aromatic N) is 3. The Morgan fingerprint density at radius 3 is 2.36 bits per heavy atom. The van der Waals surface area contributed by atoms with Crippen molar-refractivity contribution in [3.8, 4) is 5.75 Å². The Hall–Kier alpha value is -4.20. The average molecular weight is 1010 g/mol. The van der Waals surface area contributed by atoms with E-state index in [1.807, 2.05) is 37.1 Å². The van der Waals surface area contributed by atoms with Crippen LogP contribution in [0.15, 0.2) is 35.9 Å². The van der Waals surface area contributed by atoms with Gasteiger partial charge in [0.05, 0.1) is 36.5 Å². The maximum absolute atomic E-state index is 14.4. The fraction of sp³-hybridized carbons (Fsp3) is 0.686. The van der Waals surface area contributed by atoms with Crippen LogP contribution in [0.2, 0.25) is 5.02 Å². The molecule has 5 aliphatic heterocycles. The van der Waals surface area contributed by atoms with Gasteiger partial charge in [-0.25, -0.2) is 9.80 Å². The summed E-state index contributed by atoms with van der Waals surface area (Å²) in [4.78, 5) is 83.8. The lowest BCUT2D eigenvalue weighted by Gasteiger charge is -2.42. The maximum atomic E-state index is 14.4. The van der Waals surface area contributed by atoms with Gasteiger partial charge in [-0.05, 0) is 113 Å². The molecule has 4 saturated heterocycles. The van der Waals surface area contributed by atoms with E-state index in [0.29, 0.717) is 43.0 Å². The van der Waals surface area contributed by atoms with Crippen LogP contribution in [0.5, 0.6) is 5.75 Å². The Morgan fingerprint density at radius 2 is 1.69 bits per heavy atom. The maximum Gasteiger partial charge on any atom is 0.409 e. The van der Waals surface area contributed by atoms with Crippen LogP contribution in [-0.2, 0) is 49.3 Å². The Kier molecular flexibility index (Phi) is 16.3. The number of thioether (sulfide) groups is 1. The third-order valence-electron chi connectivity index (χ3n) is 15.9. The zero-order valence-corrected chi connectivity index (χ0v) is 42.8. The molecule has 3 N–H and O–H groups in total. The first-order chi connectivity index (χ1) is 33.4. The molecule has 2 saturated carbocycles. The first-order valence-corrected chi connectivity index (χ1v) is 26.4. The number of carbonyl (C=O) groups is 6. The van der Waals surface area contributed by atoms with E-state index in [2.05, 4.69) is 10.7 Å². The Bertz CT molecular complexity index is 2230. The second kappa shape index (κ2) is 21.9. The molecule has 4 bridgehead atoms. The van der Waals surface area contributed by atoms with Gasteiger partial charge in [0.25, 0.3) is 0 Å². The number of methoxy groups -OCH3 is 2. The number of epoxide rings is 1. The molecule has 17 nitrogen and oxygen atoms in total. The molecule has 6 fully saturated rings. The number of esters is 1. The first-order valence-electron chi connectivity index (χ1n) is 25.0. The van der Waals surface area contributed by atoms with Gasteiger partial charge in [0.1, 0.15) is 34.7 Å². The number of ether oxygens (including phenoxy) is 5. The third kappa shape index (κ3) is 11.5. The smallest absolute Gasteiger partial charge is 0.409 e. The topological polar surface area (TPSA) is 206 Å². The van der Waals surface area contributed by atoms with Crippen molar-refractivity contribution in [2.45, 2.75) is 145 Å². The summed E-state index contributed by atoms with van der Waals surface area (Å²) in [6.45, 7) is 7.76. The average Bonchev–Trinajstić information content (AvgIpc) is 3.95. The fourth-order valence-corrected chi connectivity index (χ4v) is 12.9. The zero-order valence-electron chi connectivity index (χ0n) is 41.2. The molecule has 8 atom stereocenters. The van der Waals surface area contributed by atoms with Crippen molar-refractivity contribution in [2.75, 3.05) is 51.6 Å². The number of hydrogen-bond donors (Lipinski definition) is 3. The molecule has 2 unspecified atom stereocenters. The third-order valence-corrected chi connectivity index (χ3v) is 17.7. The number of hydrazine groups is 1. The minimum atomic E-state index is -1.82. The summed E-state index contributed by atoms with van der Waals surface area (Å²) in [5.41, 5.74) is 2.20. The molecular formula is C51H70ClN5O12S. The molecule has 70 heavy (non-hydrogen) atoms. The number of nitrogens with one attached hydrogen (secondary N) is 2. The molecule has 384 valence electrons. The van der Waals surface area contributed by atoms with E-state index >= 15 is 0 Å². The summed E-state index contributed by atoms with van der Waals surface area (Å²) in [6, 6.07) is 3.64. The lowest BCUT2D eigenvalue weighted by atomic mass is 9.81. The number of likely N-dealkylation sites (tertiary alicyclic amines) is 1. The number of anilines is 1. The minimum absolute atomic E-state index is 0.0297. The highest BCUT2D eigenvalue weighted by Crippen LogP contribution is 2.50. The summed E-state index contributed by atoms with van der Waals surface area (Å²) in [6.07, 6.45) is 8.21. The highest BCUT2D eigenvalue weighted by molar-refractivity contribution is 8.00. The molecule has 0 aromatic heterocycles. The van der Waals surface area contributed by atoms with E-state index in [0.717, 1.165) is 69.2 Å². The Balaban J connectivity index is 0.904. The van der Waals surface area contributed by atoms with Gasteiger partial charge in [-0.15, -0.1) is 11.8 Å². The van der Waals surface area contributed by atoms with Crippen LogP contribution in [0, 0.1) is 29.6 Å². The van der Waals surface area contributed by atoms with Gasteiger partial charge in [0.15, 0.2) is 5.72 Å². The van der Waals surface area contributed by atoms with E-state index in [1.165, 1.54) is 35.8 Å². The molecule has 2 aliphatic carbocycles. The molecule has 5 amide bonds. The quantitative estimate of drug-likeness (QED) is 0.135. The number of alkyl carbamates (subject to hydrolysis) is 1. The van der Waals surface area contributed by atoms with E-state index in [-0.39, 0.29) is 65.7 Å². The normalized spacial score (nSPS) is 36.4. The zero-order chi connectivity index (χ0) is 50.1. The highest BCUT2D eigenvalue weighted by Gasteiger charge is 2.64. The van der Waals surface area contributed by atoms with E-state index in [4.69, 9.17) is 35.3 Å². The predicted molar refractivity (Wildman–Crippen MR) is 262 cm³/mol. The SMILES string of the molecule is COc1cc2cc(c1Cl)N(C)C(=O)C[C@H](OC(=O)C1CCC(CSC3CC(=O)N(C[C@H]4CC[C@H](C(=O)NN5CCC5)CC4)C3=O)CC1)[C@]1(C)O[C@H]1[C@H](C)C1C[C@@](O)(NC(=O)O1)[C@H](OC)/C=C/C=C(\C)C2. The molecule has 7 aliphatic rings. The van der Waals surface area contributed by atoms with Crippen LogP contribution in [0.25, 0.3) is 0 Å². The fourth-order valence-electron chi connectivity index (χ4n) is 11.2. The monoisotopic (exact) mass is 1010 g/mol. The van der Waals surface area contributed by atoms with Crippen LogP contribution >= 0.6 is 23.4 Å². The van der Waals surface area contributed by atoms with Crippen LogP contribution < -0.4 is 20.4 Å². The van der Waals surface area contributed by atoms with Gasteiger partial charge in [-0.3, -0.25) is 39.6 Å². The molecule has 1 aromatic carbocycles. The lowest BCUT2D eigenvalue weighted by Crippen LogP contribution is -2.63. The number of amides is 5. The van der Waals surface area contributed by atoms with Crippen molar-refractivity contribution in [3.05, 3.63) is 46.5 Å². The number of allylic oxidation sites excluding steroid dienone is 3. The molecular weight excluding hydrogens is 942 g/mol. The summed E-state index contributed by atoms with van der Waals surface area (Å²) < 4.78 is 29.8. The highest BCUT2D eigenvalue weighted by atomic mass is 35.5. The number of aliphatic hydroxyl groups is 1. The minimum Gasteiger partial charge on any atom is -0.495 e. The number of fused-ring (bicyclic) bond motifs is 5. The number of hydrogen-bond acceptors (Lipinski definition) is 14. The van der Waals surface area contributed by atoms with Gasteiger partial charge in [0, 0.05) is 58.5 Å². The van der Waals surface area contributed by atoms with Gasteiger partial charge >= 0.3 is 12.1 Å². The number of carbonyl (C=O) groups excluding carboxylic acids is 6. The van der Waals surface area contributed by atoms with E-state index < -0.39 is 64.9 Å². The van der Waals surface area contributed by atoms with Crippen molar-refractivity contribution in [1.29, 1.82) is 0 Å². The molecule has 0 radical (unpaired) electrons. The Labute approximate surface area is 420 Å². The van der Waals surface area contributed by atoms with Crippen molar-refractivity contribution < 1.29 is 57.6 Å². The van der Waals surface area contributed by atoms with Crippen LogP contribution in [0.3, 0.4) is 0 Å². The van der Waals surface area contributed by atoms with E-state index in [1.54, 1.807) is 26.1 Å². The first kappa shape index (κ1) is 52.1. The number of imide groups is 1. The van der Waals surface area contributed by atoms with Gasteiger partial charge < -0.3 is 33.7 Å². The second-order valence-corrected chi connectivity index (χ2v) is 22.5. The van der Waals surface area contributed by atoms with Crippen LogP contribution in [0.4, 0.5) is 10.5 Å². The standard InChI is InChI=1S/C51H70ClN5O12S/c1-29-9-7-10-40(66-6)51(64)26-38(67-49(63)53-51)30(2)45-50(3,69-45)41(25-42(58)55(4)36-22-33(21-29)23-37(65-5)44(36)52)68-48(62)35-17-13-32(14-18-35)28-70-39-24-43(59)57(47(39)61)27-31-11-15-34(16-12-31)46(60)54-56-19-8-20-56/h7,9-10,22-23,30-32,34-35,38-41,45,64H,8,11-21,24-28H2,1-6H3,(H,53,63)(H,54,60)/b10-7+,29-9+/t30-,31-,32?,34-,35?,38?,39?,40-,41+,45+,50+,51+/m1/s1. The van der Waals surface area contributed by atoms with Crippen LogP contribution in [0.1, 0.15) is 103 Å². The summed E-state index contributed by atoms with van der Waals surface area (Å²) in [5, 5.41) is 16.2.